The number of aryl methyl sites for hydroxylation is 1. The highest BCUT2D eigenvalue weighted by Crippen LogP contribution is 2.22. The fraction of sp³-hybridized carbons (Fsp3) is 0.364. The Labute approximate surface area is 92.2 Å². The smallest absolute Gasteiger partial charge is 0.299 e. The van der Waals surface area contributed by atoms with E-state index in [2.05, 4.69) is 0 Å². The third-order valence-corrected chi connectivity index (χ3v) is 2.38. The average Bonchev–Trinajstić information content (AvgIpc) is 2.21. The second kappa shape index (κ2) is 4.83. The van der Waals surface area contributed by atoms with Crippen LogP contribution in [0.3, 0.4) is 0 Å². The standard InChI is InChI=1S/C11H12FNO3/c1-3-9(14)5-8-6-11(13(15)16)10(12)4-7(8)2/h4,6H,3,5H2,1-2H3. The highest BCUT2D eigenvalue weighted by Gasteiger charge is 2.17. The van der Waals surface area contributed by atoms with Crippen molar-refractivity contribution in [3.05, 3.63) is 39.2 Å². The van der Waals surface area contributed by atoms with Crippen LogP contribution in [0.25, 0.3) is 0 Å². The van der Waals surface area contributed by atoms with Crippen LogP contribution in [0.5, 0.6) is 0 Å². The van der Waals surface area contributed by atoms with E-state index in [4.69, 9.17) is 0 Å². The molecule has 0 fully saturated rings. The quantitative estimate of drug-likeness (QED) is 0.584. The lowest BCUT2D eigenvalue weighted by Crippen LogP contribution is -2.04. The number of nitro groups is 1. The number of carbonyl (C=O) groups excluding carboxylic acids is 1. The number of carbonyl (C=O) groups is 1. The van der Waals surface area contributed by atoms with Crippen molar-refractivity contribution in [3.8, 4) is 0 Å². The number of benzene rings is 1. The SMILES string of the molecule is CCC(=O)Cc1cc([N+](=O)[O-])c(F)cc1C. The maximum Gasteiger partial charge on any atom is 0.305 e. The van der Waals surface area contributed by atoms with Crippen molar-refractivity contribution < 1.29 is 14.1 Å². The van der Waals surface area contributed by atoms with E-state index < -0.39 is 16.4 Å². The van der Waals surface area contributed by atoms with Gasteiger partial charge in [-0.15, -0.1) is 0 Å². The van der Waals surface area contributed by atoms with Crippen LogP contribution in [0.1, 0.15) is 24.5 Å². The van der Waals surface area contributed by atoms with Gasteiger partial charge in [-0.1, -0.05) is 6.92 Å². The first-order valence-corrected chi connectivity index (χ1v) is 4.90. The van der Waals surface area contributed by atoms with E-state index in [0.717, 1.165) is 12.1 Å². The molecule has 0 heterocycles. The summed E-state index contributed by atoms with van der Waals surface area (Å²) in [4.78, 5) is 21.0. The Balaban J connectivity index is 3.14. The van der Waals surface area contributed by atoms with Gasteiger partial charge < -0.3 is 0 Å². The van der Waals surface area contributed by atoms with E-state index >= 15 is 0 Å². The Morgan fingerprint density at radius 3 is 2.62 bits per heavy atom. The summed E-state index contributed by atoms with van der Waals surface area (Å²) in [5, 5.41) is 10.5. The van der Waals surface area contributed by atoms with Crippen molar-refractivity contribution in [3.63, 3.8) is 0 Å². The van der Waals surface area contributed by atoms with Crippen molar-refractivity contribution in [2.75, 3.05) is 0 Å². The maximum atomic E-state index is 13.2. The number of rotatable bonds is 4. The first-order valence-electron chi connectivity index (χ1n) is 4.90. The zero-order chi connectivity index (χ0) is 12.3. The summed E-state index contributed by atoms with van der Waals surface area (Å²) in [5.41, 5.74) is 0.495. The van der Waals surface area contributed by atoms with Gasteiger partial charge in [0, 0.05) is 18.9 Å². The Kier molecular flexibility index (Phi) is 3.71. The Morgan fingerprint density at radius 1 is 1.50 bits per heavy atom. The number of nitro benzene ring substituents is 1. The fourth-order valence-electron chi connectivity index (χ4n) is 1.37. The number of ketones is 1. The maximum absolute atomic E-state index is 13.2. The summed E-state index contributed by atoms with van der Waals surface area (Å²) in [6.45, 7) is 3.35. The van der Waals surface area contributed by atoms with Crippen LogP contribution in [-0.2, 0) is 11.2 Å². The second-order valence-corrected chi connectivity index (χ2v) is 3.56. The molecule has 0 atom stereocenters. The van der Waals surface area contributed by atoms with E-state index in [1.165, 1.54) is 0 Å². The zero-order valence-electron chi connectivity index (χ0n) is 9.12. The minimum Gasteiger partial charge on any atom is -0.299 e. The Morgan fingerprint density at radius 2 is 2.12 bits per heavy atom. The van der Waals surface area contributed by atoms with Crippen LogP contribution >= 0.6 is 0 Å². The summed E-state index contributed by atoms with van der Waals surface area (Å²) in [5.74, 6) is -0.890. The first kappa shape index (κ1) is 12.3. The van der Waals surface area contributed by atoms with E-state index in [0.29, 0.717) is 17.5 Å². The van der Waals surface area contributed by atoms with Crippen LogP contribution in [0.15, 0.2) is 12.1 Å². The molecule has 0 aliphatic heterocycles. The summed E-state index contributed by atoms with van der Waals surface area (Å²) >= 11 is 0. The van der Waals surface area contributed by atoms with E-state index in [1.54, 1.807) is 13.8 Å². The molecule has 0 aliphatic carbocycles. The van der Waals surface area contributed by atoms with Crippen LogP contribution in [0.4, 0.5) is 10.1 Å². The molecule has 5 heteroatoms. The van der Waals surface area contributed by atoms with Gasteiger partial charge in [-0.2, -0.15) is 4.39 Å². The van der Waals surface area contributed by atoms with Gasteiger partial charge in [0.2, 0.25) is 5.82 Å². The van der Waals surface area contributed by atoms with E-state index in [9.17, 15) is 19.3 Å². The van der Waals surface area contributed by atoms with Crippen LogP contribution in [0, 0.1) is 22.9 Å². The van der Waals surface area contributed by atoms with Crippen molar-refractivity contribution in [2.24, 2.45) is 0 Å². The summed E-state index contributed by atoms with van der Waals surface area (Å²) < 4.78 is 13.2. The van der Waals surface area contributed by atoms with Gasteiger partial charge in [0.15, 0.2) is 0 Å². The van der Waals surface area contributed by atoms with Crippen LogP contribution in [0.2, 0.25) is 0 Å². The molecule has 4 nitrogen and oxygen atoms in total. The van der Waals surface area contributed by atoms with Gasteiger partial charge >= 0.3 is 5.69 Å². The molecule has 0 radical (unpaired) electrons. The minimum atomic E-state index is -0.866. The molecule has 0 bridgehead atoms. The molecule has 0 spiro atoms. The average molecular weight is 225 g/mol. The minimum absolute atomic E-state index is 0.0241. The number of hydrogen-bond donors (Lipinski definition) is 0. The topological polar surface area (TPSA) is 60.2 Å². The Bertz CT molecular complexity index is 443. The lowest BCUT2D eigenvalue weighted by Gasteiger charge is -2.04. The molecule has 0 aromatic heterocycles. The summed E-state index contributed by atoms with van der Waals surface area (Å²) in [7, 11) is 0. The summed E-state index contributed by atoms with van der Waals surface area (Å²) in [6.07, 6.45) is 0.480. The molecule has 1 aromatic carbocycles. The summed E-state index contributed by atoms with van der Waals surface area (Å²) in [6, 6.07) is 2.23. The van der Waals surface area contributed by atoms with Crippen molar-refractivity contribution in [2.45, 2.75) is 26.7 Å². The molecule has 0 unspecified atom stereocenters. The predicted molar refractivity (Wildman–Crippen MR) is 56.8 cm³/mol. The van der Waals surface area contributed by atoms with Gasteiger partial charge in [0.05, 0.1) is 4.92 Å². The highest BCUT2D eigenvalue weighted by molar-refractivity contribution is 5.81. The third-order valence-electron chi connectivity index (χ3n) is 2.38. The number of halogens is 1. The molecule has 0 saturated carbocycles. The molecule has 1 rings (SSSR count). The van der Waals surface area contributed by atoms with Crippen LogP contribution in [-0.4, -0.2) is 10.7 Å². The molecule has 0 saturated heterocycles. The molecular formula is C11H12FNO3. The number of hydrogen-bond acceptors (Lipinski definition) is 3. The Hall–Kier alpha value is -1.78. The molecule has 0 amide bonds. The third kappa shape index (κ3) is 2.62. The van der Waals surface area contributed by atoms with Gasteiger partial charge in [-0.25, -0.2) is 0 Å². The predicted octanol–water partition coefficient (Wildman–Crippen LogP) is 2.56. The van der Waals surface area contributed by atoms with Gasteiger partial charge in [-0.3, -0.25) is 14.9 Å². The number of nitrogens with zero attached hydrogens (tertiary/aromatic N) is 1. The van der Waals surface area contributed by atoms with Crippen LogP contribution < -0.4 is 0 Å². The molecule has 0 N–H and O–H groups in total. The van der Waals surface area contributed by atoms with Gasteiger partial charge in [0.1, 0.15) is 5.78 Å². The largest absolute Gasteiger partial charge is 0.305 e. The van der Waals surface area contributed by atoms with Crippen molar-refractivity contribution in [1.82, 2.24) is 0 Å². The highest BCUT2D eigenvalue weighted by atomic mass is 19.1. The lowest BCUT2D eigenvalue weighted by atomic mass is 10.0. The fourth-order valence-corrected chi connectivity index (χ4v) is 1.37. The number of Topliss-reactive ketones (excluding diaryl/α,β-unsaturated/α-hetero) is 1. The van der Waals surface area contributed by atoms with E-state index in [1.807, 2.05) is 0 Å². The van der Waals surface area contributed by atoms with Crippen molar-refractivity contribution >= 4 is 11.5 Å². The lowest BCUT2D eigenvalue weighted by molar-refractivity contribution is -0.387. The monoisotopic (exact) mass is 225 g/mol. The molecule has 0 aliphatic rings. The molecular weight excluding hydrogens is 213 g/mol. The second-order valence-electron chi connectivity index (χ2n) is 3.56. The molecule has 16 heavy (non-hydrogen) atoms. The molecule has 86 valence electrons. The van der Waals surface area contributed by atoms with Gasteiger partial charge in [0.25, 0.3) is 0 Å². The normalized spacial score (nSPS) is 10.2. The van der Waals surface area contributed by atoms with Crippen molar-refractivity contribution in [1.29, 1.82) is 0 Å². The van der Waals surface area contributed by atoms with Gasteiger partial charge in [-0.05, 0) is 24.1 Å². The zero-order valence-corrected chi connectivity index (χ0v) is 9.12. The molecule has 1 aromatic rings. The van der Waals surface area contributed by atoms with E-state index in [-0.39, 0.29) is 12.2 Å². The first-order chi connectivity index (χ1) is 7.45.